The maximum absolute atomic E-state index is 11.8. The Labute approximate surface area is 245 Å². The fourth-order valence-electron chi connectivity index (χ4n) is 6.04. The van der Waals surface area contributed by atoms with Crippen LogP contribution in [0.2, 0.25) is 0 Å². The maximum atomic E-state index is 11.8. The van der Waals surface area contributed by atoms with Gasteiger partial charge in [0.1, 0.15) is 0 Å². The predicted molar refractivity (Wildman–Crippen MR) is 164 cm³/mol. The number of hydrogen-bond acceptors (Lipinski definition) is 5. The van der Waals surface area contributed by atoms with Gasteiger partial charge in [0.05, 0.1) is 36.6 Å². The molecule has 0 bridgehead atoms. The number of ether oxygens (including phenoxy) is 1. The highest BCUT2D eigenvalue weighted by molar-refractivity contribution is 7.80. The van der Waals surface area contributed by atoms with Gasteiger partial charge in [-0.25, -0.2) is 4.79 Å². The molecule has 2 atom stereocenters. The molecule has 9 heteroatoms. The van der Waals surface area contributed by atoms with Gasteiger partial charge in [0.25, 0.3) is 0 Å². The molecule has 0 saturated carbocycles. The van der Waals surface area contributed by atoms with Gasteiger partial charge in [0, 0.05) is 47.7 Å². The summed E-state index contributed by atoms with van der Waals surface area (Å²) in [5.74, 6) is -0.943. The summed E-state index contributed by atoms with van der Waals surface area (Å²) in [6, 6.07) is 21.6. The van der Waals surface area contributed by atoms with Crippen molar-refractivity contribution >= 4 is 34.7 Å². The molecule has 0 unspecified atom stereocenters. The summed E-state index contributed by atoms with van der Waals surface area (Å²) in [5.41, 5.74) is 8.33. The molecule has 0 aliphatic carbocycles. The van der Waals surface area contributed by atoms with Crippen LogP contribution >= 0.6 is 12.2 Å². The normalized spacial score (nSPS) is 19.0. The number of carboxylic acid groups (broad SMARTS) is 1. The maximum Gasteiger partial charge on any atom is 0.335 e. The Hall–Kier alpha value is -4.21. The lowest BCUT2D eigenvalue weighted by atomic mass is 9.96. The van der Waals surface area contributed by atoms with Crippen molar-refractivity contribution in [2.24, 2.45) is 0 Å². The molecule has 4 heterocycles. The number of aryl methyl sites for hydroxylation is 2. The summed E-state index contributed by atoms with van der Waals surface area (Å²) in [7, 11) is 0. The lowest BCUT2D eigenvalue weighted by Gasteiger charge is -2.31. The van der Waals surface area contributed by atoms with Crippen molar-refractivity contribution in [1.29, 1.82) is 0 Å². The van der Waals surface area contributed by atoms with E-state index in [-0.39, 0.29) is 17.6 Å². The second-order valence-corrected chi connectivity index (χ2v) is 11.0. The summed E-state index contributed by atoms with van der Waals surface area (Å²) in [6.45, 7) is 9.38. The van der Waals surface area contributed by atoms with E-state index in [0.29, 0.717) is 5.11 Å². The first kappa shape index (κ1) is 27.0. The lowest BCUT2D eigenvalue weighted by Crippen LogP contribution is -2.36. The average molecular weight is 568 g/mol. The predicted octanol–water partition coefficient (Wildman–Crippen LogP) is 5.51. The van der Waals surface area contributed by atoms with Crippen LogP contribution in [-0.4, -0.2) is 52.0 Å². The van der Waals surface area contributed by atoms with Gasteiger partial charge >= 0.3 is 5.97 Å². The fourth-order valence-corrected chi connectivity index (χ4v) is 6.38. The molecule has 2 aromatic carbocycles. The second kappa shape index (κ2) is 11.0. The van der Waals surface area contributed by atoms with Crippen LogP contribution in [0.5, 0.6) is 0 Å². The highest BCUT2D eigenvalue weighted by Gasteiger charge is 2.42. The van der Waals surface area contributed by atoms with Gasteiger partial charge in [-0.2, -0.15) is 0 Å². The molecule has 2 aliphatic rings. The van der Waals surface area contributed by atoms with Crippen molar-refractivity contribution in [3.8, 4) is 5.69 Å². The van der Waals surface area contributed by atoms with Crippen molar-refractivity contribution in [3.63, 3.8) is 0 Å². The fraction of sp³-hybridized carbons (Fsp3) is 0.281. The number of carboxylic acids is 1. The number of morpholine rings is 1. The zero-order valence-corrected chi connectivity index (χ0v) is 24.2. The Morgan fingerprint density at radius 2 is 1.73 bits per heavy atom. The van der Waals surface area contributed by atoms with Gasteiger partial charge in [-0.15, -0.1) is 0 Å². The average Bonchev–Trinajstić information content (AvgIpc) is 3.48. The van der Waals surface area contributed by atoms with Crippen molar-refractivity contribution in [1.82, 2.24) is 14.9 Å². The smallest absolute Gasteiger partial charge is 0.335 e. The van der Waals surface area contributed by atoms with E-state index in [2.05, 4.69) is 63.9 Å². The number of carbonyl (C=O) groups is 1. The molecule has 0 radical (unpaired) electrons. The molecular weight excluding hydrogens is 534 g/mol. The van der Waals surface area contributed by atoms with E-state index in [1.54, 1.807) is 18.3 Å². The van der Waals surface area contributed by atoms with E-state index in [4.69, 9.17) is 21.9 Å². The van der Waals surface area contributed by atoms with Crippen LogP contribution in [0.3, 0.4) is 0 Å². The van der Waals surface area contributed by atoms with E-state index in [0.717, 1.165) is 65.9 Å². The molecule has 6 rings (SSSR count). The standard InChI is InChI=1S/C32H33N5O3S/c1-20-7-8-23(31(38)39)19-28(20)36-21(2)18-26(22(36)3)30-29(27-6-4-5-13-33-27)34-32(41)37(30)25-11-9-24(10-12-25)35-14-16-40-17-15-35/h4-13,18-19,29-30H,14-17H2,1-3H3,(H,34,41)(H,38,39)/t29-,30+/m0/s1. The third-order valence-corrected chi connectivity index (χ3v) is 8.40. The molecule has 41 heavy (non-hydrogen) atoms. The molecule has 210 valence electrons. The van der Waals surface area contributed by atoms with Gasteiger partial charge in [0.15, 0.2) is 5.11 Å². The summed E-state index contributed by atoms with van der Waals surface area (Å²) >= 11 is 5.97. The van der Waals surface area contributed by atoms with Crippen LogP contribution in [0.15, 0.2) is 72.9 Å². The van der Waals surface area contributed by atoms with Crippen LogP contribution in [0.1, 0.15) is 50.7 Å². The van der Waals surface area contributed by atoms with E-state index < -0.39 is 5.97 Å². The molecule has 2 N–H and O–H groups in total. The first-order chi connectivity index (χ1) is 19.8. The van der Waals surface area contributed by atoms with E-state index in [1.807, 2.05) is 31.2 Å². The molecule has 8 nitrogen and oxygen atoms in total. The van der Waals surface area contributed by atoms with Gasteiger partial charge < -0.3 is 29.5 Å². The Bertz CT molecular complexity index is 1600. The summed E-state index contributed by atoms with van der Waals surface area (Å²) in [5, 5.41) is 13.9. The number of anilines is 2. The number of thiocarbonyl (C=S) groups is 1. The summed E-state index contributed by atoms with van der Waals surface area (Å²) in [4.78, 5) is 21.0. The minimum atomic E-state index is -0.943. The highest BCUT2D eigenvalue weighted by atomic mass is 32.1. The van der Waals surface area contributed by atoms with Crippen molar-refractivity contribution < 1.29 is 14.6 Å². The molecular formula is C32H33N5O3S. The van der Waals surface area contributed by atoms with Crippen molar-refractivity contribution in [2.75, 3.05) is 36.1 Å². The molecule has 2 fully saturated rings. The van der Waals surface area contributed by atoms with Crippen LogP contribution in [0.25, 0.3) is 5.69 Å². The number of aromatic carboxylic acids is 1. The largest absolute Gasteiger partial charge is 0.478 e. The second-order valence-electron chi connectivity index (χ2n) is 10.6. The zero-order chi connectivity index (χ0) is 28.7. The number of hydrogen-bond donors (Lipinski definition) is 2. The Kier molecular flexibility index (Phi) is 7.23. The van der Waals surface area contributed by atoms with Crippen LogP contribution in [0, 0.1) is 20.8 Å². The van der Waals surface area contributed by atoms with Gasteiger partial charge in [-0.05, 0) is 98.7 Å². The third-order valence-electron chi connectivity index (χ3n) is 8.09. The van der Waals surface area contributed by atoms with Crippen LogP contribution in [-0.2, 0) is 4.74 Å². The van der Waals surface area contributed by atoms with Gasteiger partial charge in [-0.3, -0.25) is 4.98 Å². The van der Waals surface area contributed by atoms with Gasteiger partial charge in [0.2, 0.25) is 0 Å². The van der Waals surface area contributed by atoms with E-state index >= 15 is 0 Å². The molecule has 2 aromatic heterocycles. The molecule has 2 saturated heterocycles. The minimum absolute atomic E-state index is 0.172. The first-order valence-electron chi connectivity index (χ1n) is 13.8. The quantitative estimate of drug-likeness (QED) is 0.295. The molecule has 0 spiro atoms. The Balaban J connectivity index is 1.45. The lowest BCUT2D eigenvalue weighted by molar-refractivity contribution is 0.0697. The topological polar surface area (TPSA) is 82.9 Å². The summed E-state index contributed by atoms with van der Waals surface area (Å²) in [6.07, 6.45) is 1.81. The van der Waals surface area contributed by atoms with Crippen LogP contribution in [0.4, 0.5) is 11.4 Å². The zero-order valence-electron chi connectivity index (χ0n) is 23.4. The van der Waals surface area contributed by atoms with E-state index in [9.17, 15) is 9.90 Å². The number of benzene rings is 2. The number of nitrogens with zero attached hydrogens (tertiary/aromatic N) is 4. The minimum Gasteiger partial charge on any atom is -0.478 e. The van der Waals surface area contributed by atoms with Crippen molar-refractivity contribution in [2.45, 2.75) is 32.9 Å². The molecule has 2 aliphatic heterocycles. The summed E-state index contributed by atoms with van der Waals surface area (Å²) < 4.78 is 7.67. The number of aromatic nitrogens is 2. The number of rotatable bonds is 6. The first-order valence-corrected chi connectivity index (χ1v) is 14.2. The van der Waals surface area contributed by atoms with Crippen LogP contribution < -0.4 is 15.1 Å². The Morgan fingerprint density at radius 1 is 1.00 bits per heavy atom. The third kappa shape index (κ3) is 4.96. The number of pyridine rings is 1. The Morgan fingerprint density at radius 3 is 2.41 bits per heavy atom. The van der Waals surface area contributed by atoms with E-state index in [1.165, 1.54) is 5.69 Å². The SMILES string of the molecule is Cc1ccc(C(=O)O)cc1-n1c(C)cc([C@@H]2[C@H](c3ccccn3)NC(=S)N2c2ccc(N3CCOCC3)cc2)c1C. The molecule has 0 amide bonds. The molecule has 4 aromatic rings. The monoisotopic (exact) mass is 567 g/mol. The highest BCUT2D eigenvalue weighted by Crippen LogP contribution is 2.44. The number of nitrogens with one attached hydrogen (secondary N) is 1. The van der Waals surface area contributed by atoms with Crippen molar-refractivity contribution in [3.05, 3.63) is 107 Å². The van der Waals surface area contributed by atoms with Gasteiger partial charge in [-0.1, -0.05) is 12.1 Å².